The molecule has 7 nitrogen and oxygen atoms in total. The summed E-state index contributed by atoms with van der Waals surface area (Å²) in [6.45, 7) is 7.08. The lowest BCUT2D eigenvalue weighted by Gasteiger charge is -2.21. The third-order valence-electron chi connectivity index (χ3n) is 3.87. The van der Waals surface area contributed by atoms with Crippen LogP contribution in [0.15, 0.2) is 47.6 Å². The SMILES string of the molecule is Cc1cnc2ccc(NC(=O)c3ccc(Cl)c(S(=O)(=O)NC(C)(C)C)c3)cn12. The fraction of sp³-hybridized carbons (Fsp3) is 0.263. The number of sulfonamides is 1. The van der Waals surface area contributed by atoms with Gasteiger partial charge in [0, 0.05) is 29.2 Å². The van der Waals surface area contributed by atoms with Crippen LogP contribution in [0.25, 0.3) is 5.65 Å². The van der Waals surface area contributed by atoms with Crippen molar-refractivity contribution in [1.82, 2.24) is 14.1 Å². The van der Waals surface area contributed by atoms with Gasteiger partial charge >= 0.3 is 0 Å². The number of halogens is 1. The van der Waals surface area contributed by atoms with Gasteiger partial charge in [0.15, 0.2) is 0 Å². The summed E-state index contributed by atoms with van der Waals surface area (Å²) >= 11 is 6.08. The average Bonchev–Trinajstić information content (AvgIpc) is 2.93. The van der Waals surface area contributed by atoms with Gasteiger partial charge in [-0.15, -0.1) is 0 Å². The van der Waals surface area contributed by atoms with E-state index in [4.69, 9.17) is 11.6 Å². The number of carbonyl (C=O) groups is 1. The molecule has 0 saturated heterocycles. The molecule has 0 unspecified atom stereocenters. The first-order chi connectivity index (χ1) is 13.0. The maximum Gasteiger partial charge on any atom is 0.255 e. The van der Waals surface area contributed by atoms with Crippen LogP contribution in [0.5, 0.6) is 0 Å². The van der Waals surface area contributed by atoms with Crippen molar-refractivity contribution in [3.8, 4) is 0 Å². The smallest absolute Gasteiger partial charge is 0.255 e. The Morgan fingerprint density at radius 3 is 2.57 bits per heavy atom. The molecule has 0 atom stereocenters. The summed E-state index contributed by atoms with van der Waals surface area (Å²) < 4.78 is 29.6. The van der Waals surface area contributed by atoms with Crippen molar-refractivity contribution in [3.05, 3.63) is 59.0 Å². The molecule has 0 aliphatic carbocycles. The molecule has 2 aromatic heterocycles. The van der Waals surface area contributed by atoms with E-state index in [0.717, 1.165) is 11.3 Å². The second-order valence-corrected chi connectivity index (χ2v) is 9.56. The van der Waals surface area contributed by atoms with Gasteiger partial charge in [0.2, 0.25) is 10.0 Å². The molecule has 0 aliphatic heterocycles. The summed E-state index contributed by atoms with van der Waals surface area (Å²) in [5.74, 6) is -0.444. The molecule has 3 aromatic rings. The number of hydrogen-bond acceptors (Lipinski definition) is 4. The zero-order valence-electron chi connectivity index (χ0n) is 15.9. The van der Waals surface area contributed by atoms with Gasteiger partial charge in [-0.25, -0.2) is 18.1 Å². The van der Waals surface area contributed by atoms with Crippen molar-refractivity contribution in [1.29, 1.82) is 0 Å². The van der Waals surface area contributed by atoms with Crippen molar-refractivity contribution in [2.45, 2.75) is 38.1 Å². The molecule has 2 heterocycles. The number of amides is 1. The van der Waals surface area contributed by atoms with Crippen LogP contribution in [-0.4, -0.2) is 29.2 Å². The van der Waals surface area contributed by atoms with Gasteiger partial charge in [0.25, 0.3) is 5.91 Å². The highest BCUT2D eigenvalue weighted by atomic mass is 35.5. The largest absolute Gasteiger partial charge is 0.321 e. The average molecular weight is 421 g/mol. The highest BCUT2D eigenvalue weighted by Gasteiger charge is 2.25. The van der Waals surface area contributed by atoms with Crippen LogP contribution in [0.1, 0.15) is 36.8 Å². The fourth-order valence-corrected chi connectivity index (χ4v) is 4.63. The number of benzene rings is 1. The Morgan fingerprint density at radius 1 is 1.18 bits per heavy atom. The minimum absolute atomic E-state index is 0.0451. The first-order valence-electron chi connectivity index (χ1n) is 8.55. The molecule has 0 fully saturated rings. The van der Waals surface area contributed by atoms with Crippen LogP contribution in [0, 0.1) is 6.92 Å². The van der Waals surface area contributed by atoms with Gasteiger partial charge in [-0.05, 0) is 58.0 Å². The molecule has 3 rings (SSSR count). The number of anilines is 1. The van der Waals surface area contributed by atoms with Gasteiger partial charge in [0.1, 0.15) is 10.5 Å². The summed E-state index contributed by atoms with van der Waals surface area (Å²) in [5, 5.41) is 2.81. The monoisotopic (exact) mass is 420 g/mol. The lowest BCUT2D eigenvalue weighted by molar-refractivity contribution is 0.102. The second-order valence-electron chi connectivity index (χ2n) is 7.50. The number of aromatic nitrogens is 2. The number of aryl methyl sites for hydroxylation is 1. The van der Waals surface area contributed by atoms with E-state index in [-0.39, 0.29) is 15.5 Å². The Morgan fingerprint density at radius 2 is 1.89 bits per heavy atom. The molecule has 9 heteroatoms. The molecule has 0 saturated carbocycles. The lowest BCUT2D eigenvalue weighted by Crippen LogP contribution is -2.40. The third-order valence-corrected chi connectivity index (χ3v) is 6.11. The van der Waals surface area contributed by atoms with E-state index in [1.165, 1.54) is 18.2 Å². The molecule has 0 spiro atoms. The van der Waals surface area contributed by atoms with Crippen LogP contribution in [0.3, 0.4) is 0 Å². The fourth-order valence-electron chi connectivity index (χ4n) is 2.69. The van der Waals surface area contributed by atoms with Crippen LogP contribution in [-0.2, 0) is 10.0 Å². The molecular formula is C19H21ClN4O3S. The Labute approximate surface area is 168 Å². The van der Waals surface area contributed by atoms with E-state index in [1.807, 2.05) is 11.3 Å². The van der Waals surface area contributed by atoms with Crippen molar-refractivity contribution >= 4 is 38.9 Å². The molecule has 0 bridgehead atoms. The highest BCUT2D eigenvalue weighted by Crippen LogP contribution is 2.24. The number of fused-ring (bicyclic) bond motifs is 1. The Hall–Kier alpha value is -2.42. The van der Waals surface area contributed by atoms with E-state index in [9.17, 15) is 13.2 Å². The van der Waals surface area contributed by atoms with E-state index in [1.54, 1.807) is 45.3 Å². The van der Waals surface area contributed by atoms with Gasteiger partial charge < -0.3 is 9.72 Å². The Balaban J connectivity index is 1.90. The van der Waals surface area contributed by atoms with Crippen molar-refractivity contribution in [2.24, 2.45) is 0 Å². The summed E-state index contributed by atoms with van der Waals surface area (Å²) in [5.41, 5.74) is 1.76. The number of imidazole rings is 1. The molecule has 0 aliphatic rings. The number of nitrogens with one attached hydrogen (secondary N) is 2. The molecule has 28 heavy (non-hydrogen) atoms. The second kappa shape index (κ2) is 7.20. The minimum atomic E-state index is -3.88. The zero-order chi connectivity index (χ0) is 20.7. The Kier molecular flexibility index (Phi) is 5.22. The summed E-state index contributed by atoms with van der Waals surface area (Å²) in [6.07, 6.45) is 3.49. The van der Waals surface area contributed by atoms with Crippen LogP contribution >= 0.6 is 11.6 Å². The molecule has 1 amide bonds. The predicted molar refractivity (Wildman–Crippen MR) is 109 cm³/mol. The van der Waals surface area contributed by atoms with E-state index < -0.39 is 21.5 Å². The number of pyridine rings is 1. The van der Waals surface area contributed by atoms with Crippen LogP contribution < -0.4 is 10.0 Å². The van der Waals surface area contributed by atoms with Gasteiger partial charge in [0.05, 0.1) is 10.7 Å². The third kappa shape index (κ3) is 4.35. The summed E-state index contributed by atoms with van der Waals surface area (Å²) in [7, 11) is -3.88. The van der Waals surface area contributed by atoms with Gasteiger partial charge in [-0.1, -0.05) is 11.6 Å². The van der Waals surface area contributed by atoms with Gasteiger partial charge in [-0.2, -0.15) is 0 Å². The van der Waals surface area contributed by atoms with Gasteiger partial charge in [-0.3, -0.25) is 4.79 Å². The van der Waals surface area contributed by atoms with E-state index in [2.05, 4.69) is 15.0 Å². The number of hydrogen-bond donors (Lipinski definition) is 2. The zero-order valence-corrected chi connectivity index (χ0v) is 17.5. The number of nitrogens with zero attached hydrogens (tertiary/aromatic N) is 2. The molecule has 148 valence electrons. The van der Waals surface area contributed by atoms with E-state index >= 15 is 0 Å². The molecular weight excluding hydrogens is 400 g/mol. The van der Waals surface area contributed by atoms with Crippen molar-refractivity contribution < 1.29 is 13.2 Å². The van der Waals surface area contributed by atoms with Crippen LogP contribution in [0.2, 0.25) is 5.02 Å². The van der Waals surface area contributed by atoms with Crippen molar-refractivity contribution in [2.75, 3.05) is 5.32 Å². The highest BCUT2D eigenvalue weighted by molar-refractivity contribution is 7.89. The van der Waals surface area contributed by atoms with Crippen LogP contribution in [0.4, 0.5) is 5.69 Å². The minimum Gasteiger partial charge on any atom is -0.321 e. The molecule has 0 radical (unpaired) electrons. The quantitative estimate of drug-likeness (QED) is 0.674. The molecule has 2 N–H and O–H groups in total. The summed E-state index contributed by atoms with van der Waals surface area (Å²) in [4.78, 5) is 16.7. The lowest BCUT2D eigenvalue weighted by atomic mass is 10.1. The number of rotatable bonds is 4. The predicted octanol–water partition coefficient (Wildman–Crippen LogP) is 3.63. The maximum atomic E-state index is 12.7. The standard InChI is InChI=1S/C19H21ClN4O3S/c1-12-10-21-17-8-6-14(11-24(12)17)22-18(25)13-5-7-15(20)16(9-13)28(26,27)23-19(2,3)4/h5-11,23H,1-4H3,(H,22,25). The Bertz CT molecular complexity index is 1160. The van der Waals surface area contributed by atoms with E-state index in [0.29, 0.717) is 5.69 Å². The first-order valence-corrected chi connectivity index (χ1v) is 10.4. The summed E-state index contributed by atoms with van der Waals surface area (Å²) in [6, 6.07) is 7.67. The number of carbonyl (C=O) groups excluding carboxylic acids is 1. The normalized spacial score (nSPS) is 12.3. The topological polar surface area (TPSA) is 92.6 Å². The molecule has 1 aromatic carbocycles. The first kappa shape index (κ1) is 20.3. The van der Waals surface area contributed by atoms with Crippen molar-refractivity contribution in [3.63, 3.8) is 0 Å². The maximum absolute atomic E-state index is 12.7.